The number of aromatic nitrogens is 4. The Kier molecular flexibility index (Phi) is 14.7. The molecule has 0 amide bonds. The fourth-order valence-electron chi connectivity index (χ4n) is 8.29. The Labute approximate surface area is 317 Å². The van der Waals surface area contributed by atoms with E-state index in [0.717, 1.165) is 121 Å². The predicted octanol–water partition coefficient (Wildman–Crippen LogP) is 11.6. The molecule has 3 aromatic rings. The zero-order valence-electron chi connectivity index (χ0n) is 32.7. The Bertz CT molecular complexity index is 1830. The molecule has 1 unspecified atom stereocenters. The number of rotatable bonds is 15. The maximum absolute atomic E-state index is 11.2. The minimum Gasteiger partial charge on any atom is -0.657 e. The van der Waals surface area contributed by atoms with Crippen molar-refractivity contribution in [1.82, 2.24) is 19.9 Å². The molecule has 0 saturated heterocycles. The number of hydrogen-bond acceptors (Lipinski definition) is 3. The molecule has 0 aliphatic carbocycles. The van der Waals surface area contributed by atoms with Crippen LogP contribution in [0.1, 0.15) is 171 Å². The van der Waals surface area contributed by atoms with Crippen molar-refractivity contribution in [2.24, 2.45) is 0 Å². The second kappa shape index (κ2) is 18.5. The van der Waals surface area contributed by atoms with E-state index in [-0.39, 0.29) is 16.5 Å². The Morgan fingerprint density at radius 2 is 0.961 bits per heavy atom. The van der Waals surface area contributed by atoms with Gasteiger partial charge in [-0.1, -0.05) is 140 Å². The van der Waals surface area contributed by atoms with E-state index in [0.29, 0.717) is 0 Å². The molecule has 0 fully saturated rings. The average Bonchev–Trinajstić information content (AvgIpc) is 3.85. The predicted molar refractivity (Wildman–Crippen MR) is 215 cm³/mol. The molecule has 0 radical (unpaired) electrons. The van der Waals surface area contributed by atoms with Crippen LogP contribution in [0.3, 0.4) is 0 Å². The van der Waals surface area contributed by atoms with E-state index in [4.69, 9.17) is 19.9 Å². The van der Waals surface area contributed by atoms with Gasteiger partial charge in [-0.3, -0.25) is 0 Å². The molecule has 6 heteroatoms. The number of nitrogens with zero attached hydrogens (tertiary/aromatic N) is 4. The number of aryl methyl sites for hydroxylation is 4. The summed E-state index contributed by atoms with van der Waals surface area (Å²) in [6.45, 7) is 20.1. The van der Waals surface area contributed by atoms with Crippen LogP contribution in [0.5, 0.6) is 0 Å². The summed E-state index contributed by atoms with van der Waals surface area (Å²) in [7, 11) is 0. The number of unbranched alkanes of at least 4 members (excludes halogenated alkanes) is 3. The monoisotopic (exact) mass is 730 g/mol. The zero-order valence-corrected chi connectivity index (χ0v) is 33.7. The first-order valence-corrected chi connectivity index (χ1v) is 19.8. The van der Waals surface area contributed by atoms with E-state index >= 15 is 0 Å². The summed E-state index contributed by atoms with van der Waals surface area (Å²) in [5.74, 6) is 0. The molecule has 2 aliphatic rings. The summed E-state index contributed by atoms with van der Waals surface area (Å²) in [6, 6.07) is 6.72. The van der Waals surface area contributed by atoms with Crippen LogP contribution in [0.15, 0.2) is 24.3 Å². The third-order valence-electron chi connectivity index (χ3n) is 10.8. The number of allylic oxidation sites excluding steroid dienone is 4. The van der Waals surface area contributed by atoms with Gasteiger partial charge in [-0.2, -0.15) is 0 Å². The van der Waals surface area contributed by atoms with Crippen LogP contribution < -0.4 is 9.97 Å². The summed E-state index contributed by atoms with van der Waals surface area (Å²) < 4.78 is 0. The topological polar surface area (TPSA) is 74.2 Å². The van der Waals surface area contributed by atoms with Crippen LogP contribution in [-0.2, 0) is 42.2 Å². The molecule has 276 valence electrons. The third kappa shape index (κ3) is 8.08. The third-order valence-corrected chi connectivity index (χ3v) is 10.8. The smallest absolute Gasteiger partial charge is 0.657 e. The van der Waals surface area contributed by atoms with E-state index in [1.54, 1.807) is 0 Å². The van der Waals surface area contributed by atoms with Crippen molar-refractivity contribution in [2.75, 3.05) is 0 Å². The number of fused-ring (bicyclic) bond motifs is 8. The van der Waals surface area contributed by atoms with Crippen molar-refractivity contribution in [2.45, 2.75) is 152 Å². The van der Waals surface area contributed by atoms with Gasteiger partial charge in [-0.05, 0) is 86.1 Å². The number of hydrogen-bond donors (Lipinski definition) is 1. The van der Waals surface area contributed by atoms with Crippen LogP contribution in [0.4, 0.5) is 0 Å². The van der Waals surface area contributed by atoms with Crippen molar-refractivity contribution in [3.05, 3.63) is 74.9 Å². The minimum absolute atomic E-state index is 0. The minimum atomic E-state index is -0.512. The van der Waals surface area contributed by atoms with E-state index in [9.17, 15) is 5.11 Å². The zero-order chi connectivity index (χ0) is 35.9. The van der Waals surface area contributed by atoms with Gasteiger partial charge in [0.1, 0.15) is 0 Å². The van der Waals surface area contributed by atoms with E-state index < -0.39 is 6.10 Å². The summed E-state index contributed by atoms with van der Waals surface area (Å²) in [5.41, 5.74) is 19.4. The molecule has 0 saturated carbocycles. The normalized spacial score (nSPS) is 13.8. The van der Waals surface area contributed by atoms with Crippen molar-refractivity contribution in [3.63, 3.8) is 0 Å². The van der Waals surface area contributed by atoms with Crippen molar-refractivity contribution < 1.29 is 21.6 Å². The summed E-state index contributed by atoms with van der Waals surface area (Å²) in [5, 5.41) is 11.2. The first-order valence-electron chi connectivity index (χ1n) is 19.8. The van der Waals surface area contributed by atoms with Crippen molar-refractivity contribution >= 4 is 50.4 Å². The SMILES string of the molecule is CCCCCCC(O)/C=C/c1c2[n-]c(cc3nc(cc4nc(cc5[n-]c1c(CC)c5CC)C(CC)=C4CC)C(CC)=C3CC)c(CC)c2CC.[Ni+2]. The standard InChI is InChI=1S/C45H60N4O.Ni/c1-10-19-20-21-22-28(50)23-24-37-44-35(17-8)33(15-6)42(48-44)26-40-31(13-4)29(11-2)38(46-40)25-39-30(12-3)32(14-5)41(47-39)27-43-34(16-7)36(18-9)45(37)49-43;/h23-28,50H,10-22H2,1-9H3;/q-2;+2/b24-23+,38-25?,39-25?,40-26?,41-27?,42-26?,43-27?,44-37?,45-37?;. The number of aliphatic hydroxyl groups excluding tert-OH is 1. The molecule has 5 nitrogen and oxygen atoms in total. The maximum Gasteiger partial charge on any atom is 2.00 e. The number of aliphatic hydroxyl groups is 1. The first kappa shape index (κ1) is 40.6. The Balaban J connectivity index is 0.00000583. The van der Waals surface area contributed by atoms with Gasteiger partial charge in [-0.25, -0.2) is 9.97 Å². The van der Waals surface area contributed by atoms with Crippen LogP contribution in [-0.4, -0.2) is 21.2 Å². The van der Waals surface area contributed by atoms with Crippen LogP contribution in [0.2, 0.25) is 0 Å². The van der Waals surface area contributed by atoms with Gasteiger partial charge in [0.25, 0.3) is 0 Å². The van der Waals surface area contributed by atoms with Gasteiger partial charge in [-0.15, -0.1) is 22.1 Å². The van der Waals surface area contributed by atoms with E-state index in [1.165, 1.54) is 57.4 Å². The van der Waals surface area contributed by atoms with Crippen LogP contribution in [0.25, 0.3) is 50.4 Å². The molecule has 0 aromatic carbocycles. The molecule has 3 aromatic heterocycles. The maximum atomic E-state index is 11.2. The fourth-order valence-corrected chi connectivity index (χ4v) is 8.29. The quantitative estimate of drug-likeness (QED) is 0.124. The Hall–Kier alpha value is -3.21. The van der Waals surface area contributed by atoms with Gasteiger partial charge in [0, 0.05) is 0 Å². The Morgan fingerprint density at radius 3 is 1.33 bits per heavy atom. The van der Waals surface area contributed by atoms with Gasteiger partial charge in [0.05, 0.1) is 28.9 Å². The van der Waals surface area contributed by atoms with Crippen molar-refractivity contribution in [1.29, 1.82) is 0 Å². The molecular weight excluding hydrogens is 671 g/mol. The average molecular weight is 732 g/mol. The summed E-state index contributed by atoms with van der Waals surface area (Å²) in [6.07, 6.45) is 16.1. The van der Waals surface area contributed by atoms with Gasteiger partial charge >= 0.3 is 16.5 Å². The van der Waals surface area contributed by atoms with Crippen LogP contribution >= 0.6 is 0 Å². The molecule has 51 heavy (non-hydrogen) atoms. The molecule has 2 aliphatic heterocycles. The molecule has 1 atom stereocenters. The molecule has 5 heterocycles. The molecule has 0 spiro atoms. The molecule has 8 bridgehead atoms. The first-order chi connectivity index (χ1) is 24.3. The molecular formula is C45H60N4NiO. The molecule has 5 rings (SSSR count). The largest absolute Gasteiger partial charge is 2.00 e. The van der Waals surface area contributed by atoms with E-state index in [2.05, 4.69) is 86.6 Å². The second-order valence-electron chi connectivity index (χ2n) is 13.7. The van der Waals surface area contributed by atoms with Crippen LogP contribution in [0, 0.1) is 0 Å². The fraction of sp³-hybridized carbons (Fsp3) is 0.511. The summed E-state index contributed by atoms with van der Waals surface area (Å²) >= 11 is 0. The van der Waals surface area contributed by atoms with Gasteiger partial charge < -0.3 is 15.1 Å². The summed E-state index contributed by atoms with van der Waals surface area (Å²) in [4.78, 5) is 21.6. The van der Waals surface area contributed by atoms with Gasteiger partial charge in [0.15, 0.2) is 0 Å². The molecule has 1 N–H and O–H groups in total. The van der Waals surface area contributed by atoms with Crippen molar-refractivity contribution in [3.8, 4) is 0 Å². The second-order valence-corrected chi connectivity index (χ2v) is 13.7. The van der Waals surface area contributed by atoms with E-state index in [1.807, 2.05) is 6.08 Å². The Morgan fingerprint density at radius 1 is 0.549 bits per heavy atom. The van der Waals surface area contributed by atoms with Gasteiger partial charge in [0.2, 0.25) is 0 Å².